The van der Waals surface area contributed by atoms with Gasteiger partial charge in [-0.25, -0.2) is 0 Å². The molecule has 1 aromatic rings. The van der Waals surface area contributed by atoms with Gasteiger partial charge in [-0.15, -0.1) is 0 Å². The summed E-state index contributed by atoms with van der Waals surface area (Å²) in [5, 5.41) is 15.9. The summed E-state index contributed by atoms with van der Waals surface area (Å²) in [6.45, 7) is 9.45. The summed E-state index contributed by atoms with van der Waals surface area (Å²) in [7, 11) is 0. The van der Waals surface area contributed by atoms with Gasteiger partial charge in [-0.2, -0.15) is 0 Å². The van der Waals surface area contributed by atoms with Gasteiger partial charge in [-0.05, 0) is 40.2 Å². The molecule has 0 aliphatic carbocycles. The van der Waals surface area contributed by atoms with Crippen molar-refractivity contribution in [2.45, 2.75) is 51.7 Å². The zero-order valence-corrected chi connectivity index (χ0v) is 13.0. The van der Waals surface area contributed by atoms with Crippen LogP contribution in [0.5, 0.6) is 0 Å². The number of carbonyl (C=O) groups excluding carboxylic acids is 1. The van der Waals surface area contributed by atoms with Crippen LogP contribution in [0.2, 0.25) is 0 Å². The maximum absolute atomic E-state index is 12.1. The molecule has 0 spiro atoms. The van der Waals surface area contributed by atoms with Crippen molar-refractivity contribution in [3.05, 3.63) is 35.9 Å². The molecule has 0 saturated carbocycles. The summed E-state index contributed by atoms with van der Waals surface area (Å²) in [4.78, 5) is 12.1. The number of benzene rings is 1. The van der Waals surface area contributed by atoms with E-state index >= 15 is 0 Å². The highest BCUT2D eigenvalue weighted by molar-refractivity contribution is 5.82. The molecule has 0 radical (unpaired) electrons. The Bertz CT molecular complexity index is 440. The summed E-state index contributed by atoms with van der Waals surface area (Å²) >= 11 is 0. The number of rotatable bonds is 5. The van der Waals surface area contributed by atoms with E-state index in [9.17, 15) is 9.90 Å². The van der Waals surface area contributed by atoms with Crippen LogP contribution in [-0.4, -0.2) is 29.2 Å². The van der Waals surface area contributed by atoms with Gasteiger partial charge in [-0.1, -0.05) is 30.3 Å². The molecule has 2 atom stereocenters. The highest BCUT2D eigenvalue weighted by atomic mass is 16.3. The molecule has 2 unspecified atom stereocenters. The predicted octanol–water partition coefficient (Wildman–Crippen LogP) is 1.79. The molecule has 0 saturated heterocycles. The fourth-order valence-electron chi connectivity index (χ4n) is 2.05. The second-order valence-electron chi connectivity index (χ2n) is 6.46. The van der Waals surface area contributed by atoms with Gasteiger partial charge < -0.3 is 10.4 Å². The van der Waals surface area contributed by atoms with E-state index < -0.39 is 11.6 Å². The maximum Gasteiger partial charge on any atom is 0.237 e. The van der Waals surface area contributed by atoms with Crippen molar-refractivity contribution in [2.24, 2.45) is 0 Å². The van der Waals surface area contributed by atoms with E-state index in [1.54, 1.807) is 6.92 Å². The molecule has 0 aromatic heterocycles. The number of aliphatic hydroxyl groups is 1. The van der Waals surface area contributed by atoms with Gasteiger partial charge in [0.15, 0.2) is 0 Å². The quantitative estimate of drug-likeness (QED) is 0.769. The Morgan fingerprint density at radius 3 is 2.20 bits per heavy atom. The molecule has 4 nitrogen and oxygen atoms in total. The Morgan fingerprint density at radius 1 is 1.20 bits per heavy atom. The monoisotopic (exact) mass is 278 g/mol. The first-order valence-corrected chi connectivity index (χ1v) is 6.94. The lowest BCUT2D eigenvalue weighted by atomic mass is 9.92. The molecule has 0 aliphatic rings. The van der Waals surface area contributed by atoms with E-state index in [2.05, 4.69) is 10.6 Å². The molecule has 1 aromatic carbocycles. The van der Waals surface area contributed by atoms with Crippen molar-refractivity contribution < 1.29 is 9.90 Å². The molecule has 0 heterocycles. The zero-order valence-electron chi connectivity index (χ0n) is 13.0. The Morgan fingerprint density at radius 2 is 1.75 bits per heavy atom. The van der Waals surface area contributed by atoms with Crippen LogP contribution in [0, 0.1) is 0 Å². The summed E-state index contributed by atoms with van der Waals surface area (Å²) in [5.74, 6) is -0.0758. The summed E-state index contributed by atoms with van der Waals surface area (Å²) in [6, 6.07) is 9.26. The number of hydrogen-bond acceptors (Lipinski definition) is 3. The van der Waals surface area contributed by atoms with Crippen LogP contribution in [0.4, 0.5) is 0 Å². The SMILES string of the molecule is CC(NC(C)(CO)c1ccccc1)C(=O)NC(C)(C)C. The highest BCUT2D eigenvalue weighted by Gasteiger charge is 2.30. The first-order valence-electron chi connectivity index (χ1n) is 6.94. The smallest absolute Gasteiger partial charge is 0.237 e. The van der Waals surface area contributed by atoms with Crippen molar-refractivity contribution in [1.29, 1.82) is 0 Å². The first kappa shape index (κ1) is 16.7. The molecule has 1 amide bonds. The Labute approximate surface area is 121 Å². The minimum absolute atomic E-state index is 0.0758. The van der Waals surface area contributed by atoms with Crippen molar-refractivity contribution >= 4 is 5.91 Å². The third-order valence-corrected chi connectivity index (χ3v) is 3.15. The van der Waals surface area contributed by atoms with Crippen molar-refractivity contribution in [3.8, 4) is 0 Å². The van der Waals surface area contributed by atoms with Crippen LogP contribution in [-0.2, 0) is 10.3 Å². The average molecular weight is 278 g/mol. The Balaban J connectivity index is 2.81. The Hall–Kier alpha value is -1.39. The van der Waals surface area contributed by atoms with Crippen LogP contribution in [0.1, 0.15) is 40.2 Å². The summed E-state index contributed by atoms with van der Waals surface area (Å²) < 4.78 is 0. The minimum Gasteiger partial charge on any atom is -0.394 e. The highest BCUT2D eigenvalue weighted by Crippen LogP contribution is 2.20. The van der Waals surface area contributed by atoms with Gasteiger partial charge in [-0.3, -0.25) is 10.1 Å². The Kier molecular flexibility index (Phi) is 5.31. The van der Waals surface area contributed by atoms with Crippen LogP contribution in [0.15, 0.2) is 30.3 Å². The van der Waals surface area contributed by atoms with E-state index in [0.717, 1.165) is 5.56 Å². The van der Waals surface area contributed by atoms with Crippen LogP contribution in [0.25, 0.3) is 0 Å². The fraction of sp³-hybridized carbons (Fsp3) is 0.562. The molecule has 0 aliphatic heterocycles. The first-order chi connectivity index (χ1) is 9.18. The number of nitrogens with one attached hydrogen (secondary N) is 2. The van der Waals surface area contributed by atoms with Crippen molar-refractivity contribution in [2.75, 3.05) is 6.61 Å². The van der Waals surface area contributed by atoms with Crippen molar-refractivity contribution in [1.82, 2.24) is 10.6 Å². The maximum atomic E-state index is 12.1. The molecular weight excluding hydrogens is 252 g/mol. The largest absolute Gasteiger partial charge is 0.394 e. The minimum atomic E-state index is -0.643. The van der Waals surface area contributed by atoms with E-state index in [1.807, 2.05) is 58.0 Å². The van der Waals surface area contributed by atoms with Gasteiger partial charge in [0.05, 0.1) is 18.2 Å². The topological polar surface area (TPSA) is 61.4 Å². The van der Waals surface area contributed by atoms with Gasteiger partial charge in [0.1, 0.15) is 0 Å². The number of aliphatic hydroxyl groups excluding tert-OH is 1. The third kappa shape index (κ3) is 4.62. The lowest BCUT2D eigenvalue weighted by Crippen LogP contribution is -2.55. The summed E-state index contributed by atoms with van der Waals surface area (Å²) in [6.07, 6.45) is 0. The predicted molar refractivity (Wildman–Crippen MR) is 81.4 cm³/mol. The van der Waals surface area contributed by atoms with Crippen LogP contribution in [0.3, 0.4) is 0 Å². The molecular formula is C16H26N2O2. The van der Waals surface area contributed by atoms with E-state index in [-0.39, 0.29) is 18.1 Å². The molecule has 20 heavy (non-hydrogen) atoms. The van der Waals surface area contributed by atoms with Crippen LogP contribution >= 0.6 is 0 Å². The van der Waals surface area contributed by atoms with Gasteiger partial charge in [0, 0.05) is 5.54 Å². The molecule has 3 N–H and O–H groups in total. The van der Waals surface area contributed by atoms with Gasteiger partial charge in [0.25, 0.3) is 0 Å². The number of amides is 1. The lowest BCUT2D eigenvalue weighted by molar-refractivity contribution is -0.124. The average Bonchev–Trinajstić information content (AvgIpc) is 2.37. The normalized spacial score (nSPS) is 16.3. The third-order valence-electron chi connectivity index (χ3n) is 3.15. The summed E-state index contributed by atoms with van der Waals surface area (Å²) in [5.41, 5.74) is 0.0450. The standard InChI is InChI=1S/C16H26N2O2/c1-12(14(20)18-15(2,3)4)17-16(5,11-19)13-9-7-6-8-10-13/h6-10,12,17,19H,11H2,1-5H3,(H,18,20). The molecule has 0 fully saturated rings. The molecule has 0 bridgehead atoms. The molecule has 1 rings (SSSR count). The van der Waals surface area contributed by atoms with E-state index in [4.69, 9.17) is 0 Å². The van der Waals surface area contributed by atoms with Gasteiger partial charge >= 0.3 is 0 Å². The van der Waals surface area contributed by atoms with E-state index in [1.165, 1.54) is 0 Å². The van der Waals surface area contributed by atoms with E-state index in [0.29, 0.717) is 0 Å². The second kappa shape index (κ2) is 6.37. The van der Waals surface area contributed by atoms with Crippen LogP contribution < -0.4 is 10.6 Å². The van der Waals surface area contributed by atoms with Crippen molar-refractivity contribution in [3.63, 3.8) is 0 Å². The molecule has 112 valence electrons. The zero-order chi connectivity index (χ0) is 15.4. The number of carbonyl (C=O) groups is 1. The molecule has 4 heteroatoms. The second-order valence-corrected chi connectivity index (χ2v) is 6.46. The van der Waals surface area contributed by atoms with Gasteiger partial charge in [0.2, 0.25) is 5.91 Å². The fourth-order valence-corrected chi connectivity index (χ4v) is 2.05. The number of hydrogen-bond donors (Lipinski definition) is 3. The lowest BCUT2D eigenvalue weighted by Gasteiger charge is -2.33.